The highest BCUT2D eigenvalue weighted by Gasteiger charge is 2.17. The van der Waals surface area contributed by atoms with Crippen molar-refractivity contribution < 1.29 is 4.79 Å². The zero-order valence-corrected chi connectivity index (χ0v) is 13.4. The van der Waals surface area contributed by atoms with Crippen LogP contribution in [0.4, 0.5) is 5.82 Å². The minimum Gasteiger partial charge on any atom is -0.320 e. The molecule has 0 aliphatic heterocycles. The van der Waals surface area contributed by atoms with Gasteiger partial charge in [0.2, 0.25) is 5.91 Å². The highest BCUT2D eigenvalue weighted by molar-refractivity contribution is 5.89. The summed E-state index contributed by atoms with van der Waals surface area (Å²) in [5.74, 6) is 6.46. The van der Waals surface area contributed by atoms with E-state index in [-0.39, 0.29) is 11.3 Å². The topological polar surface area (TPSA) is 68.0 Å². The van der Waals surface area contributed by atoms with Gasteiger partial charge >= 0.3 is 0 Å². The predicted molar refractivity (Wildman–Crippen MR) is 86.7 cm³/mol. The Morgan fingerprint density at radius 1 is 1.43 bits per heavy atom. The van der Waals surface area contributed by atoms with Gasteiger partial charge in [-0.1, -0.05) is 39.7 Å². The summed E-state index contributed by atoms with van der Waals surface area (Å²) in [6.07, 6.45) is 1.51. The standard InChI is InChI=1S/C17H25N3O/c1-13(12-17(2,3)4)11-16(21)20-15-9-5-7-14(19-15)8-6-10-18/h5,7,9,13H,10-12,18H2,1-4H3,(H,19,20,21). The smallest absolute Gasteiger partial charge is 0.225 e. The molecule has 0 aromatic carbocycles. The van der Waals surface area contributed by atoms with Crippen LogP contribution in [0.25, 0.3) is 0 Å². The van der Waals surface area contributed by atoms with Crippen molar-refractivity contribution in [2.24, 2.45) is 17.1 Å². The highest BCUT2D eigenvalue weighted by Crippen LogP contribution is 2.26. The van der Waals surface area contributed by atoms with Gasteiger partial charge in [0.1, 0.15) is 11.5 Å². The molecule has 3 N–H and O–H groups in total. The number of aromatic nitrogens is 1. The van der Waals surface area contributed by atoms with Crippen LogP contribution in [-0.2, 0) is 4.79 Å². The van der Waals surface area contributed by atoms with Crippen molar-refractivity contribution in [1.82, 2.24) is 4.98 Å². The zero-order valence-electron chi connectivity index (χ0n) is 13.4. The van der Waals surface area contributed by atoms with Crippen molar-refractivity contribution >= 4 is 11.7 Å². The third-order valence-corrected chi connectivity index (χ3v) is 2.83. The van der Waals surface area contributed by atoms with E-state index in [9.17, 15) is 4.79 Å². The monoisotopic (exact) mass is 287 g/mol. The number of carbonyl (C=O) groups is 1. The zero-order chi connectivity index (χ0) is 15.9. The number of anilines is 1. The van der Waals surface area contributed by atoms with Crippen molar-refractivity contribution in [2.45, 2.75) is 40.5 Å². The van der Waals surface area contributed by atoms with Crippen LogP contribution in [0.5, 0.6) is 0 Å². The lowest BCUT2D eigenvalue weighted by atomic mass is 9.84. The molecule has 4 nitrogen and oxygen atoms in total. The Hall–Kier alpha value is -1.86. The number of hydrogen-bond donors (Lipinski definition) is 2. The minimum atomic E-state index is -0.0109. The van der Waals surface area contributed by atoms with E-state index in [1.54, 1.807) is 12.1 Å². The number of rotatable bonds is 4. The molecule has 21 heavy (non-hydrogen) atoms. The van der Waals surface area contributed by atoms with Crippen LogP contribution in [0.15, 0.2) is 18.2 Å². The van der Waals surface area contributed by atoms with E-state index in [0.717, 1.165) is 6.42 Å². The molecule has 0 fully saturated rings. The molecule has 0 saturated heterocycles. The lowest BCUT2D eigenvalue weighted by molar-refractivity contribution is -0.117. The molecule has 0 spiro atoms. The molecule has 1 rings (SSSR count). The average molecular weight is 287 g/mol. The predicted octanol–water partition coefficient (Wildman–Crippen LogP) is 2.79. The molecule has 0 radical (unpaired) electrons. The van der Waals surface area contributed by atoms with E-state index in [0.29, 0.717) is 30.4 Å². The SMILES string of the molecule is CC(CC(=O)Nc1cccc(C#CCN)n1)CC(C)(C)C. The molecular weight excluding hydrogens is 262 g/mol. The van der Waals surface area contributed by atoms with Crippen molar-refractivity contribution in [3.05, 3.63) is 23.9 Å². The van der Waals surface area contributed by atoms with Gasteiger partial charge in [0.05, 0.1) is 6.54 Å². The van der Waals surface area contributed by atoms with Gasteiger partial charge in [-0.15, -0.1) is 0 Å². The van der Waals surface area contributed by atoms with Gasteiger partial charge < -0.3 is 11.1 Å². The third kappa shape index (κ3) is 7.48. The van der Waals surface area contributed by atoms with Crippen LogP contribution in [0.3, 0.4) is 0 Å². The maximum absolute atomic E-state index is 12.0. The van der Waals surface area contributed by atoms with Gasteiger partial charge in [0.25, 0.3) is 0 Å². The Morgan fingerprint density at radius 2 is 2.14 bits per heavy atom. The Labute approximate surface area is 127 Å². The molecular formula is C17H25N3O. The largest absolute Gasteiger partial charge is 0.320 e. The first-order valence-corrected chi connectivity index (χ1v) is 7.26. The molecule has 1 aromatic rings. The van der Waals surface area contributed by atoms with Crippen molar-refractivity contribution in [1.29, 1.82) is 0 Å². The normalized spacial score (nSPS) is 12.2. The fraction of sp³-hybridized carbons (Fsp3) is 0.529. The Balaban J connectivity index is 2.59. The van der Waals surface area contributed by atoms with Crippen LogP contribution in [0.1, 0.15) is 46.2 Å². The summed E-state index contributed by atoms with van der Waals surface area (Å²) < 4.78 is 0. The third-order valence-electron chi connectivity index (χ3n) is 2.83. The second-order valence-electron chi connectivity index (χ2n) is 6.54. The summed E-state index contributed by atoms with van der Waals surface area (Å²) in [4.78, 5) is 16.3. The summed E-state index contributed by atoms with van der Waals surface area (Å²) in [6.45, 7) is 8.94. The molecule has 1 heterocycles. The molecule has 114 valence electrons. The van der Waals surface area contributed by atoms with Crippen molar-refractivity contribution in [3.8, 4) is 11.8 Å². The Kier molecular flexibility index (Phi) is 6.39. The summed E-state index contributed by atoms with van der Waals surface area (Å²) in [6, 6.07) is 5.38. The van der Waals surface area contributed by atoms with E-state index < -0.39 is 0 Å². The lowest BCUT2D eigenvalue weighted by Gasteiger charge is -2.22. The van der Waals surface area contributed by atoms with Crippen molar-refractivity contribution in [2.75, 3.05) is 11.9 Å². The molecule has 0 saturated carbocycles. The molecule has 1 aromatic heterocycles. The number of carbonyl (C=O) groups excluding carboxylic acids is 1. The lowest BCUT2D eigenvalue weighted by Crippen LogP contribution is -2.19. The van der Waals surface area contributed by atoms with E-state index in [1.165, 1.54) is 0 Å². The fourth-order valence-corrected chi connectivity index (χ4v) is 2.34. The van der Waals surface area contributed by atoms with Crippen LogP contribution < -0.4 is 11.1 Å². The van der Waals surface area contributed by atoms with Gasteiger partial charge in [-0.3, -0.25) is 4.79 Å². The van der Waals surface area contributed by atoms with E-state index in [1.807, 2.05) is 6.07 Å². The molecule has 1 unspecified atom stereocenters. The van der Waals surface area contributed by atoms with Gasteiger partial charge in [-0.05, 0) is 35.8 Å². The quantitative estimate of drug-likeness (QED) is 0.837. The number of hydrogen-bond acceptors (Lipinski definition) is 3. The summed E-state index contributed by atoms with van der Waals surface area (Å²) in [5, 5.41) is 2.83. The molecule has 0 aliphatic carbocycles. The van der Waals surface area contributed by atoms with Crippen LogP contribution in [0, 0.1) is 23.2 Å². The molecule has 4 heteroatoms. The maximum atomic E-state index is 12.0. The first-order chi connectivity index (χ1) is 9.80. The molecule has 0 bridgehead atoms. The fourth-order valence-electron chi connectivity index (χ4n) is 2.34. The number of nitrogens with two attached hydrogens (primary N) is 1. The van der Waals surface area contributed by atoms with Crippen LogP contribution in [-0.4, -0.2) is 17.4 Å². The highest BCUT2D eigenvalue weighted by atomic mass is 16.1. The van der Waals surface area contributed by atoms with E-state index in [2.05, 4.69) is 49.8 Å². The summed E-state index contributed by atoms with van der Waals surface area (Å²) in [7, 11) is 0. The van der Waals surface area contributed by atoms with Crippen LogP contribution >= 0.6 is 0 Å². The minimum absolute atomic E-state index is 0.0109. The number of nitrogens with one attached hydrogen (secondary N) is 1. The van der Waals surface area contributed by atoms with Gasteiger partial charge in [-0.2, -0.15) is 0 Å². The Bertz CT molecular complexity index is 535. The van der Waals surface area contributed by atoms with Crippen LogP contribution in [0.2, 0.25) is 0 Å². The maximum Gasteiger partial charge on any atom is 0.225 e. The van der Waals surface area contributed by atoms with E-state index in [4.69, 9.17) is 5.73 Å². The molecule has 0 aliphatic rings. The number of nitrogens with zero attached hydrogens (tertiary/aromatic N) is 1. The first kappa shape index (κ1) is 17.2. The van der Waals surface area contributed by atoms with Gasteiger partial charge in [0, 0.05) is 6.42 Å². The second kappa shape index (κ2) is 7.80. The van der Waals surface area contributed by atoms with Gasteiger partial charge in [0.15, 0.2) is 0 Å². The first-order valence-electron chi connectivity index (χ1n) is 7.26. The van der Waals surface area contributed by atoms with E-state index >= 15 is 0 Å². The van der Waals surface area contributed by atoms with Gasteiger partial charge in [-0.25, -0.2) is 4.98 Å². The number of pyridine rings is 1. The average Bonchev–Trinajstić information content (AvgIpc) is 2.34. The second-order valence-corrected chi connectivity index (χ2v) is 6.54. The summed E-state index contributed by atoms with van der Waals surface area (Å²) >= 11 is 0. The Morgan fingerprint density at radius 3 is 2.76 bits per heavy atom. The molecule has 1 atom stereocenters. The summed E-state index contributed by atoms with van der Waals surface area (Å²) in [5.41, 5.74) is 6.17. The molecule has 1 amide bonds. The van der Waals surface area contributed by atoms with Crippen molar-refractivity contribution in [3.63, 3.8) is 0 Å². The number of amides is 1.